The highest BCUT2D eigenvalue weighted by Crippen LogP contribution is 2.71. The van der Waals surface area contributed by atoms with Crippen LogP contribution in [0.5, 0.6) is 0 Å². The predicted molar refractivity (Wildman–Crippen MR) is 98.7 cm³/mol. The molecule has 154 valence electrons. The number of carbonyl (C=O) groups excluding carboxylic acids is 2. The summed E-state index contributed by atoms with van der Waals surface area (Å²) in [7, 11) is 0. The van der Waals surface area contributed by atoms with Gasteiger partial charge in [0.25, 0.3) is 0 Å². The second-order valence-electron chi connectivity index (χ2n) is 10.3. The molecule has 2 bridgehead atoms. The fourth-order valence-corrected chi connectivity index (χ4v) is 7.60. The lowest BCUT2D eigenvalue weighted by atomic mass is 9.40. The van der Waals surface area contributed by atoms with Crippen LogP contribution in [0.3, 0.4) is 0 Å². The number of fused-ring (bicyclic) bond motifs is 2. The van der Waals surface area contributed by atoms with Gasteiger partial charge in [-0.25, -0.2) is 4.79 Å². The molecular weight excluding hydrogens is 360 g/mol. The van der Waals surface area contributed by atoms with Gasteiger partial charge in [0.2, 0.25) is 0 Å². The summed E-state index contributed by atoms with van der Waals surface area (Å²) < 4.78 is 17.7. The average molecular weight is 390 g/mol. The van der Waals surface area contributed by atoms with Crippen LogP contribution in [0.1, 0.15) is 52.9 Å². The van der Waals surface area contributed by atoms with E-state index in [9.17, 15) is 14.7 Å². The molecule has 0 aromatic heterocycles. The van der Waals surface area contributed by atoms with E-state index in [-0.39, 0.29) is 52.5 Å². The summed E-state index contributed by atoms with van der Waals surface area (Å²) in [5, 5.41) is 11.6. The van der Waals surface area contributed by atoms with Crippen molar-refractivity contribution in [3.63, 3.8) is 0 Å². The van der Waals surface area contributed by atoms with Crippen LogP contribution in [0.25, 0.3) is 0 Å². The van der Waals surface area contributed by atoms with Crippen molar-refractivity contribution in [1.82, 2.24) is 0 Å². The Bertz CT molecular complexity index is 758. The van der Waals surface area contributed by atoms with Crippen LogP contribution in [0.15, 0.2) is 12.2 Å². The number of hydrogen-bond donors (Lipinski definition) is 1. The normalized spacial score (nSPS) is 51.0. The first-order valence-electron chi connectivity index (χ1n) is 10.5. The number of esters is 2. The Balaban J connectivity index is 1.62. The third-order valence-electron chi connectivity index (χ3n) is 8.76. The third kappa shape index (κ3) is 2.16. The maximum Gasteiger partial charge on any atom is 0.334 e. The minimum atomic E-state index is -1.30. The molecule has 3 aliphatic heterocycles. The summed E-state index contributed by atoms with van der Waals surface area (Å²) in [5.41, 5.74) is 0.193. The molecule has 28 heavy (non-hydrogen) atoms. The lowest BCUT2D eigenvalue weighted by molar-refractivity contribution is -0.405. The van der Waals surface area contributed by atoms with Crippen molar-refractivity contribution in [2.75, 3.05) is 6.61 Å². The first-order chi connectivity index (χ1) is 13.1. The largest absolute Gasteiger partial charge is 0.462 e. The van der Waals surface area contributed by atoms with Gasteiger partial charge in [0.15, 0.2) is 5.79 Å². The number of carbonyl (C=O) groups is 2. The van der Waals surface area contributed by atoms with Gasteiger partial charge in [-0.1, -0.05) is 20.4 Å². The summed E-state index contributed by atoms with van der Waals surface area (Å²) >= 11 is 0. The molecule has 0 aromatic rings. The fourth-order valence-electron chi connectivity index (χ4n) is 7.60. The summed E-state index contributed by atoms with van der Waals surface area (Å²) in [6.45, 7) is 10.3. The van der Waals surface area contributed by atoms with Gasteiger partial charge in [-0.15, -0.1) is 0 Å². The molecule has 3 saturated heterocycles. The first-order valence-corrected chi connectivity index (χ1v) is 10.5. The van der Waals surface area contributed by atoms with Crippen molar-refractivity contribution in [1.29, 1.82) is 0 Å². The third-order valence-corrected chi connectivity index (χ3v) is 8.76. The standard InChI is InChI=1S/C22H30O6/c1-11-13-5-6-14-17(18(13)28-19(11)24)22(25)9-15-20(3,4)8-7-16(27-12(2)23)21(14,15)10-26-22/h13-18,25H,1,5-10H2,2-4H3/t13-,14+,15+,16-,17-,18+,21-,22+/m0/s1. The van der Waals surface area contributed by atoms with Gasteiger partial charge in [-0.2, -0.15) is 0 Å². The molecule has 6 nitrogen and oxygen atoms in total. The van der Waals surface area contributed by atoms with E-state index >= 15 is 0 Å². The first kappa shape index (κ1) is 18.6. The monoisotopic (exact) mass is 390 g/mol. The molecule has 1 N–H and O–H groups in total. The number of rotatable bonds is 1. The summed E-state index contributed by atoms with van der Waals surface area (Å²) in [6, 6.07) is 0. The molecular formula is C22H30O6. The van der Waals surface area contributed by atoms with Gasteiger partial charge < -0.3 is 19.3 Å². The van der Waals surface area contributed by atoms with Crippen molar-refractivity contribution in [2.45, 2.75) is 70.9 Å². The summed E-state index contributed by atoms with van der Waals surface area (Å²) in [6.07, 6.45) is 3.29. The van der Waals surface area contributed by atoms with E-state index in [1.54, 1.807) is 0 Å². The molecule has 0 amide bonds. The Labute approximate surface area is 165 Å². The van der Waals surface area contributed by atoms with Gasteiger partial charge in [-0.3, -0.25) is 4.79 Å². The van der Waals surface area contributed by atoms with Crippen LogP contribution < -0.4 is 0 Å². The second kappa shape index (κ2) is 5.60. The van der Waals surface area contributed by atoms with E-state index in [4.69, 9.17) is 14.2 Å². The van der Waals surface area contributed by atoms with Crippen LogP contribution in [-0.2, 0) is 23.8 Å². The van der Waals surface area contributed by atoms with Crippen LogP contribution in [0, 0.1) is 34.5 Å². The zero-order valence-electron chi connectivity index (χ0n) is 16.9. The minimum Gasteiger partial charge on any atom is -0.462 e. The zero-order valence-corrected chi connectivity index (χ0v) is 16.9. The molecule has 6 fully saturated rings. The van der Waals surface area contributed by atoms with Crippen molar-refractivity contribution in [2.24, 2.45) is 34.5 Å². The summed E-state index contributed by atoms with van der Waals surface area (Å²) in [4.78, 5) is 24.1. The Kier molecular flexibility index (Phi) is 3.72. The molecule has 6 rings (SSSR count). The van der Waals surface area contributed by atoms with Gasteiger partial charge in [0.1, 0.15) is 12.2 Å². The molecule has 6 heteroatoms. The molecule has 0 unspecified atom stereocenters. The zero-order chi connectivity index (χ0) is 20.1. The molecule has 6 aliphatic rings. The number of hydrogen-bond acceptors (Lipinski definition) is 6. The van der Waals surface area contributed by atoms with Crippen LogP contribution >= 0.6 is 0 Å². The van der Waals surface area contributed by atoms with E-state index in [1.165, 1.54) is 6.92 Å². The predicted octanol–water partition coefficient (Wildman–Crippen LogP) is 2.59. The smallest absolute Gasteiger partial charge is 0.334 e. The van der Waals surface area contributed by atoms with Crippen molar-refractivity contribution < 1.29 is 28.9 Å². The molecule has 0 radical (unpaired) electrons. The van der Waals surface area contributed by atoms with Gasteiger partial charge in [0.05, 0.1) is 12.5 Å². The van der Waals surface area contributed by atoms with Crippen LogP contribution in [0.4, 0.5) is 0 Å². The number of ether oxygens (including phenoxy) is 3. The SMILES string of the molecule is C=C1C(=O)O[C@H]2[C@@H]3[C@@H](CC[C@@H]12)[C@@]12CO[C@]3(O)C[C@@H]1C(C)(C)CC[C@@H]2OC(C)=O. The van der Waals surface area contributed by atoms with Gasteiger partial charge >= 0.3 is 11.9 Å². The highest BCUT2D eigenvalue weighted by Gasteiger charge is 2.75. The van der Waals surface area contributed by atoms with E-state index in [1.807, 2.05) is 0 Å². The number of aliphatic hydroxyl groups is 1. The molecule has 1 spiro atoms. The van der Waals surface area contributed by atoms with Crippen molar-refractivity contribution >= 4 is 11.9 Å². The maximum atomic E-state index is 12.2. The van der Waals surface area contributed by atoms with E-state index in [0.29, 0.717) is 18.6 Å². The second-order valence-corrected chi connectivity index (χ2v) is 10.3. The molecule has 3 saturated carbocycles. The average Bonchev–Trinajstić information content (AvgIpc) is 2.92. The Hall–Kier alpha value is -1.40. The van der Waals surface area contributed by atoms with Gasteiger partial charge in [-0.05, 0) is 42.9 Å². The van der Waals surface area contributed by atoms with Gasteiger partial charge in [0, 0.05) is 30.3 Å². The van der Waals surface area contributed by atoms with Crippen molar-refractivity contribution in [3.05, 3.63) is 12.2 Å². The Morgan fingerprint density at radius 2 is 2.04 bits per heavy atom. The topological polar surface area (TPSA) is 82.1 Å². The molecule has 3 aliphatic carbocycles. The van der Waals surface area contributed by atoms with E-state index < -0.39 is 11.9 Å². The Morgan fingerprint density at radius 1 is 1.29 bits per heavy atom. The van der Waals surface area contributed by atoms with E-state index in [0.717, 1.165) is 25.7 Å². The van der Waals surface area contributed by atoms with Crippen LogP contribution in [0.2, 0.25) is 0 Å². The quantitative estimate of drug-likeness (QED) is 0.547. The molecule has 8 atom stereocenters. The maximum absolute atomic E-state index is 12.2. The molecule has 0 aromatic carbocycles. The van der Waals surface area contributed by atoms with E-state index in [2.05, 4.69) is 20.4 Å². The Morgan fingerprint density at radius 3 is 2.75 bits per heavy atom. The fraction of sp³-hybridized carbons (Fsp3) is 0.818. The lowest BCUT2D eigenvalue weighted by Gasteiger charge is -2.71. The summed E-state index contributed by atoms with van der Waals surface area (Å²) in [5.74, 6) is -2.00. The van der Waals surface area contributed by atoms with Crippen molar-refractivity contribution in [3.8, 4) is 0 Å². The highest BCUT2D eigenvalue weighted by molar-refractivity contribution is 5.90. The van der Waals surface area contributed by atoms with Crippen LogP contribution in [-0.4, -0.2) is 41.6 Å². The highest BCUT2D eigenvalue weighted by atomic mass is 16.6. The lowest BCUT2D eigenvalue weighted by Crippen LogP contribution is -2.75. The molecule has 3 heterocycles. The minimum absolute atomic E-state index is 0.0200.